The average molecular weight is 519 g/mol. The van der Waals surface area contributed by atoms with Gasteiger partial charge in [-0.2, -0.15) is 0 Å². The van der Waals surface area contributed by atoms with Gasteiger partial charge in [0, 0.05) is 49.4 Å². The van der Waals surface area contributed by atoms with Crippen LogP contribution in [0.25, 0.3) is 11.1 Å². The number of halogens is 3. The number of ether oxygens (including phenoxy) is 2. The predicted molar refractivity (Wildman–Crippen MR) is 135 cm³/mol. The van der Waals surface area contributed by atoms with E-state index in [0.717, 1.165) is 24.2 Å². The number of benzene rings is 2. The van der Waals surface area contributed by atoms with Crippen LogP contribution >= 0.6 is 23.2 Å². The molecule has 0 radical (unpaired) electrons. The van der Waals surface area contributed by atoms with Crippen LogP contribution in [0.3, 0.4) is 0 Å². The van der Waals surface area contributed by atoms with E-state index in [2.05, 4.69) is 10.3 Å². The van der Waals surface area contributed by atoms with E-state index in [1.807, 2.05) is 12.1 Å². The molecule has 1 saturated heterocycles. The molecule has 1 fully saturated rings. The first-order valence-electron chi connectivity index (χ1n) is 11.1. The van der Waals surface area contributed by atoms with Gasteiger partial charge < -0.3 is 25.4 Å². The summed E-state index contributed by atoms with van der Waals surface area (Å²) in [7, 11) is 0. The minimum atomic E-state index is -0.533. The maximum atomic E-state index is 13.7. The number of aromatic nitrogens is 1. The molecule has 0 unspecified atom stereocenters. The molecule has 0 atom stereocenters. The molecule has 0 saturated carbocycles. The standard InChI is InChI=1S/C25H25Cl2FN4O3/c26-20-5-6-21(28)24(27)19(20)7-12-34-22-13-17(14-31-25(22)29)16-1-3-18(4-2-16)35-15-23(33)32-10-8-30-9-11-32/h1-6,13-14,30H,7-12,15H2,(H2,29,31). The monoisotopic (exact) mass is 518 g/mol. The Kier molecular flexibility index (Phi) is 8.28. The highest BCUT2D eigenvalue weighted by molar-refractivity contribution is 6.36. The van der Waals surface area contributed by atoms with Crippen LogP contribution in [-0.4, -0.2) is 55.2 Å². The maximum Gasteiger partial charge on any atom is 0.260 e. The lowest BCUT2D eigenvalue weighted by Crippen LogP contribution is -2.47. The summed E-state index contributed by atoms with van der Waals surface area (Å²) in [4.78, 5) is 18.3. The van der Waals surface area contributed by atoms with E-state index in [9.17, 15) is 9.18 Å². The summed E-state index contributed by atoms with van der Waals surface area (Å²) >= 11 is 12.2. The first-order valence-corrected chi connectivity index (χ1v) is 11.9. The zero-order chi connectivity index (χ0) is 24.8. The van der Waals surface area contributed by atoms with Crippen molar-refractivity contribution < 1.29 is 18.7 Å². The van der Waals surface area contributed by atoms with Crippen LogP contribution in [0.15, 0.2) is 48.7 Å². The van der Waals surface area contributed by atoms with Crippen LogP contribution in [0.1, 0.15) is 5.56 Å². The third kappa shape index (κ3) is 6.33. The molecule has 1 aromatic heterocycles. The number of nitrogens with two attached hydrogens (primary N) is 1. The fourth-order valence-corrected chi connectivity index (χ4v) is 4.24. The quantitative estimate of drug-likeness (QED) is 0.434. The minimum Gasteiger partial charge on any atom is -0.489 e. The maximum absolute atomic E-state index is 13.7. The zero-order valence-corrected chi connectivity index (χ0v) is 20.4. The molecule has 3 aromatic rings. The number of hydrogen-bond donors (Lipinski definition) is 2. The van der Waals surface area contributed by atoms with Gasteiger partial charge in [0.2, 0.25) is 0 Å². The second kappa shape index (κ2) is 11.6. The van der Waals surface area contributed by atoms with Crippen molar-refractivity contribution >= 4 is 34.9 Å². The van der Waals surface area contributed by atoms with E-state index >= 15 is 0 Å². The Morgan fingerprint density at radius 2 is 1.83 bits per heavy atom. The summed E-state index contributed by atoms with van der Waals surface area (Å²) in [6.45, 7) is 3.17. The van der Waals surface area contributed by atoms with Gasteiger partial charge in [-0.05, 0) is 41.5 Å². The fraction of sp³-hybridized carbons (Fsp3) is 0.280. The molecule has 7 nitrogen and oxygen atoms in total. The van der Waals surface area contributed by atoms with E-state index in [1.54, 1.807) is 29.3 Å². The van der Waals surface area contributed by atoms with E-state index in [0.29, 0.717) is 41.6 Å². The van der Waals surface area contributed by atoms with Crippen LogP contribution in [0, 0.1) is 5.82 Å². The van der Waals surface area contributed by atoms with Gasteiger partial charge in [0.05, 0.1) is 11.6 Å². The Hall–Kier alpha value is -3.07. The molecule has 1 aliphatic rings. The van der Waals surface area contributed by atoms with Crippen molar-refractivity contribution in [2.24, 2.45) is 0 Å². The smallest absolute Gasteiger partial charge is 0.260 e. The topological polar surface area (TPSA) is 89.7 Å². The lowest BCUT2D eigenvalue weighted by molar-refractivity contribution is -0.133. The third-order valence-corrected chi connectivity index (χ3v) is 6.41. The molecule has 1 aliphatic heterocycles. The van der Waals surface area contributed by atoms with Crippen LogP contribution in [-0.2, 0) is 11.2 Å². The molecule has 184 valence electrons. The summed E-state index contributed by atoms with van der Waals surface area (Å²) in [6, 6.07) is 11.8. The van der Waals surface area contributed by atoms with Gasteiger partial charge in [-0.3, -0.25) is 4.79 Å². The molecule has 0 bridgehead atoms. The van der Waals surface area contributed by atoms with E-state index < -0.39 is 5.82 Å². The Bertz CT molecular complexity index is 1190. The lowest BCUT2D eigenvalue weighted by Gasteiger charge is -2.27. The molecule has 0 aliphatic carbocycles. The molecule has 3 N–H and O–H groups in total. The summed E-state index contributed by atoms with van der Waals surface area (Å²) in [5, 5.41) is 3.57. The molecular weight excluding hydrogens is 494 g/mol. The largest absolute Gasteiger partial charge is 0.489 e. The number of hydrogen-bond acceptors (Lipinski definition) is 6. The van der Waals surface area contributed by atoms with E-state index in [-0.39, 0.29) is 30.0 Å². The molecule has 35 heavy (non-hydrogen) atoms. The van der Waals surface area contributed by atoms with E-state index in [4.69, 9.17) is 38.4 Å². The number of pyridine rings is 1. The highest BCUT2D eigenvalue weighted by atomic mass is 35.5. The number of nitrogens with one attached hydrogen (secondary N) is 1. The number of rotatable bonds is 8. The molecule has 10 heteroatoms. The number of carbonyl (C=O) groups excluding carboxylic acids is 1. The summed E-state index contributed by atoms with van der Waals surface area (Å²) in [5.41, 5.74) is 8.12. The van der Waals surface area contributed by atoms with Gasteiger partial charge in [-0.25, -0.2) is 9.37 Å². The van der Waals surface area contributed by atoms with Crippen molar-refractivity contribution in [3.8, 4) is 22.6 Å². The zero-order valence-electron chi connectivity index (χ0n) is 18.9. The number of amides is 1. The number of piperazine rings is 1. The van der Waals surface area contributed by atoms with Gasteiger partial charge in [-0.1, -0.05) is 35.3 Å². The van der Waals surface area contributed by atoms with E-state index in [1.165, 1.54) is 12.1 Å². The van der Waals surface area contributed by atoms with Crippen LogP contribution < -0.4 is 20.5 Å². The Morgan fingerprint density at radius 3 is 2.57 bits per heavy atom. The highest BCUT2D eigenvalue weighted by Crippen LogP contribution is 2.30. The Labute approximate surface area is 212 Å². The molecule has 4 rings (SSSR count). The molecule has 0 spiro atoms. The SMILES string of the molecule is Nc1ncc(-c2ccc(OCC(=O)N3CCNCC3)cc2)cc1OCCc1c(Cl)ccc(F)c1Cl. The van der Waals surface area contributed by atoms with Crippen molar-refractivity contribution in [2.75, 3.05) is 45.1 Å². The second-order valence-corrected chi connectivity index (χ2v) is 8.76. The van der Waals surface area contributed by atoms with Crippen molar-refractivity contribution in [2.45, 2.75) is 6.42 Å². The normalized spacial score (nSPS) is 13.5. The molecule has 2 heterocycles. The second-order valence-electron chi connectivity index (χ2n) is 7.97. The lowest BCUT2D eigenvalue weighted by atomic mass is 10.1. The average Bonchev–Trinajstić information content (AvgIpc) is 2.89. The predicted octanol–water partition coefficient (Wildman–Crippen LogP) is 4.21. The van der Waals surface area contributed by atoms with Crippen molar-refractivity contribution in [3.05, 3.63) is 70.1 Å². The van der Waals surface area contributed by atoms with Gasteiger partial charge >= 0.3 is 0 Å². The van der Waals surface area contributed by atoms with Crippen molar-refractivity contribution in [1.29, 1.82) is 0 Å². The van der Waals surface area contributed by atoms with Crippen molar-refractivity contribution in [3.63, 3.8) is 0 Å². The van der Waals surface area contributed by atoms with Crippen LogP contribution in [0.4, 0.5) is 10.2 Å². The molecule has 1 amide bonds. The summed E-state index contributed by atoms with van der Waals surface area (Å²) in [6.07, 6.45) is 1.95. The summed E-state index contributed by atoms with van der Waals surface area (Å²) in [5.74, 6) is 0.668. The Balaban J connectivity index is 1.36. The molecular formula is C25H25Cl2FN4O3. The number of carbonyl (C=O) groups is 1. The van der Waals surface area contributed by atoms with Crippen LogP contribution in [0.5, 0.6) is 11.5 Å². The fourth-order valence-electron chi connectivity index (χ4n) is 3.68. The third-order valence-electron chi connectivity index (χ3n) is 5.65. The van der Waals surface area contributed by atoms with Gasteiger partial charge in [0.25, 0.3) is 5.91 Å². The number of nitrogen functional groups attached to an aromatic ring is 1. The molecule has 2 aromatic carbocycles. The van der Waals surface area contributed by atoms with Gasteiger partial charge in [0.15, 0.2) is 18.2 Å². The minimum absolute atomic E-state index is 0.000107. The highest BCUT2D eigenvalue weighted by Gasteiger charge is 2.16. The number of anilines is 1. The number of nitrogens with zero attached hydrogens (tertiary/aromatic N) is 2. The van der Waals surface area contributed by atoms with Crippen molar-refractivity contribution in [1.82, 2.24) is 15.2 Å². The first kappa shape index (κ1) is 25.0. The van der Waals surface area contributed by atoms with Gasteiger partial charge in [-0.15, -0.1) is 0 Å². The summed E-state index contributed by atoms with van der Waals surface area (Å²) < 4.78 is 25.2. The Morgan fingerprint density at radius 1 is 1.09 bits per heavy atom. The van der Waals surface area contributed by atoms with Crippen LogP contribution in [0.2, 0.25) is 10.0 Å². The van der Waals surface area contributed by atoms with Gasteiger partial charge in [0.1, 0.15) is 11.6 Å². The first-order chi connectivity index (χ1) is 16.9.